The third-order valence-electron chi connectivity index (χ3n) is 7.88. The number of rotatable bonds is 7. The van der Waals surface area contributed by atoms with Crippen LogP contribution in [0.5, 0.6) is 0 Å². The topological polar surface area (TPSA) is 113 Å². The number of nitro groups is 1. The number of hydrogen-bond acceptors (Lipinski definition) is 7. The molecule has 0 unspecified atom stereocenters. The van der Waals surface area contributed by atoms with E-state index < -0.39 is 10.9 Å². The standard InChI is InChI=1S/C33H25N5O4/c39-33(24-8-11-27(12-9-24)38(40)41)42-20-21-16-26(17-21)31-30-19-34-14-15-37(30)32(36-31)25-7-6-23-10-13-28(35-29(23)18-25)22-4-2-1-3-5-22/h1-15,18-19,21,26H,16-17,20H2. The monoisotopic (exact) mass is 555 g/mol. The lowest BCUT2D eigenvalue weighted by atomic mass is 9.73. The molecule has 1 aliphatic carbocycles. The summed E-state index contributed by atoms with van der Waals surface area (Å²) >= 11 is 0. The molecule has 3 aromatic heterocycles. The van der Waals surface area contributed by atoms with Crippen molar-refractivity contribution in [1.82, 2.24) is 19.4 Å². The molecule has 0 radical (unpaired) electrons. The number of non-ortho nitro benzene ring substituents is 1. The first-order chi connectivity index (χ1) is 20.5. The van der Waals surface area contributed by atoms with Crippen LogP contribution in [0, 0.1) is 16.0 Å². The molecule has 3 heterocycles. The Morgan fingerprint density at radius 2 is 1.74 bits per heavy atom. The number of pyridine rings is 1. The fourth-order valence-electron chi connectivity index (χ4n) is 5.58. The highest BCUT2D eigenvalue weighted by Gasteiger charge is 2.34. The van der Waals surface area contributed by atoms with Crippen LogP contribution in [0.3, 0.4) is 0 Å². The lowest BCUT2D eigenvalue weighted by Crippen LogP contribution is -2.27. The van der Waals surface area contributed by atoms with Gasteiger partial charge in [-0.25, -0.2) is 14.8 Å². The van der Waals surface area contributed by atoms with E-state index in [1.54, 1.807) is 6.20 Å². The molecule has 0 spiro atoms. The van der Waals surface area contributed by atoms with E-state index >= 15 is 0 Å². The molecule has 6 aromatic rings. The Kier molecular flexibility index (Phi) is 6.39. The van der Waals surface area contributed by atoms with Crippen LogP contribution in [0.25, 0.3) is 39.1 Å². The third-order valence-corrected chi connectivity index (χ3v) is 7.88. The first-order valence-corrected chi connectivity index (χ1v) is 13.7. The van der Waals surface area contributed by atoms with E-state index in [1.165, 1.54) is 24.3 Å². The Hall–Kier alpha value is -5.44. The Morgan fingerprint density at radius 1 is 0.952 bits per heavy atom. The molecule has 1 fully saturated rings. The number of benzene rings is 3. The number of esters is 1. The van der Waals surface area contributed by atoms with Crippen LogP contribution in [-0.4, -0.2) is 36.9 Å². The van der Waals surface area contributed by atoms with Gasteiger partial charge in [0.15, 0.2) is 0 Å². The van der Waals surface area contributed by atoms with E-state index in [0.29, 0.717) is 12.2 Å². The van der Waals surface area contributed by atoms with Gasteiger partial charge in [0, 0.05) is 47.0 Å². The van der Waals surface area contributed by atoms with Crippen molar-refractivity contribution in [3.8, 4) is 22.6 Å². The van der Waals surface area contributed by atoms with E-state index in [4.69, 9.17) is 14.7 Å². The van der Waals surface area contributed by atoms with E-state index in [-0.39, 0.29) is 17.5 Å². The number of nitrogens with zero attached hydrogens (tertiary/aromatic N) is 5. The largest absolute Gasteiger partial charge is 0.462 e. The third kappa shape index (κ3) is 4.75. The molecule has 3 aromatic carbocycles. The van der Waals surface area contributed by atoms with Crippen LogP contribution in [0.1, 0.15) is 34.8 Å². The number of carbonyl (C=O) groups is 1. The quantitative estimate of drug-likeness (QED) is 0.120. The first kappa shape index (κ1) is 25.5. The zero-order valence-electron chi connectivity index (χ0n) is 22.5. The summed E-state index contributed by atoms with van der Waals surface area (Å²) in [7, 11) is 0. The van der Waals surface area contributed by atoms with Gasteiger partial charge >= 0.3 is 5.97 Å². The molecule has 0 saturated heterocycles. The predicted molar refractivity (Wildman–Crippen MR) is 158 cm³/mol. The summed E-state index contributed by atoms with van der Waals surface area (Å²) in [5.41, 5.74) is 6.06. The van der Waals surface area contributed by atoms with Crippen LogP contribution < -0.4 is 0 Å². The summed E-state index contributed by atoms with van der Waals surface area (Å²) in [6.45, 7) is 0.295. The molecule has 0 amide bonds. The van der Waals surface area contributed by atoms with Crippen molar-refractivity contribution in [2.75, 3.05) is 6.61 Å². The Morgan fingerprint density at radius 3 is 2.52 bits per heavy atom. The van der Waals surface area contributed by atoms with Gasteiger partial charge in [0.2, 0.25) is 0 Å². The van der Waals surface area contributed by atoms with E-state index in [1.807, 2.05) is 36.7 Å². The Balaban J connectivity index is 1.09. The van der Waals surface area contributed by atoms with Crippen LogP contribution in [0.2, 0.25) is 0 Å². The Bertz CT molecular complexity index is 1950. The molecule has 9 heteroatoms. The van der Waals surface area contributed by atoms with Gasteiger partial charge in [0.25, 0.3) is 5.69 Å². The van der Waals surface area contributed by atoms with Gasteiger partial charge in [-0.05, 0) is 43.0 Å². The number of carbonyl (C=O) groups excluding carboxylic acids is 1. The fourth-order valence-corrected chi connectivity index (χ4v) is 5.58. The highest BCUT2D eigenvalue weighted by atomic mass is 16.6. The highest BCUT2D eigenvalue weighted by molar-refractivity contribution is 5.89. The fraction of sp³-hybridized carbons (Fsp3) is 0.152. The predicted octanol–water partition coefficient (Wildman–Crippen LogP) is 6.87. The van der Waals surface area contributed by atoms with Crippen LogP contribution in [-0.2, 0) is 4.74 Å². The van der Waals surface area contributed by atoms with Crippen molar-refractivity contribution in [3.05, 3.63) is 125 Å². The molecule has 206 valence electrons. The summed E-state index contributed by atoms with van der Waals surface area (Å²) in [6, 6.07) is 26.0. The molecular formula is C33H25N5O4. The molecule has 0 N–H and O–H groups in total. The Labute approximate surface area is 240 Å². The van der Waals surface area contributed by atoms with Gasteiger partial charge in [-0.3, -0.25) is 19.5 Å². The molecule has 9 nitrogen and oxygen atoms in total. The molecule has 0 aliphatic heterocycles. The lowest BCUT2D eigenvalue weighted by Gasteiger charge is -2.34. The van der Waals surface area contributed by atoms with Gasteiger partial charge < -0.3 is 4.74 Å². The number of fused-ring (bicyclic) bond motifs is 2. The van der Waals surface area contributed by atoms with Crippen molar-refractivity contribution in [1.29, 1.82) is 0 Å². The summed E-state index contributed by atoms with van der Waals surface area (Å²) in [4.78, 5) is 37.2. The minimum Gasteiger partial charge on any atom is -0.462 e. The first-order valence-electron chi connectivity index (χ1n) is 13.7. The average molecular weight is 556 g/mol. The molecule has 0 bridgehead atoms. The second-order valence-corrected chi connectivity index (χ2v) is 10.6. The van der Waals surface area contributed by atoms with Crippen LogP contribution in [0.4, 0.5) is 5.69 Å². The number of imidazole rings is 1. The van der Waals surface area contributed by atoms with Gasteiger partial charge in [-0.1, -0.05) is 48.5 Å². The molecule has 7 rings (SSSR count). The van der Waals surface area contributed by atoms with Crippen molar-refractivity contribution < 1.29 is 14.5 Å². The maximum Gasteiger partial charge on any atom is 0.338 e. The highest BCUT2D eigenvalue weighted by Crippen LogP contribution is 2.43. The van der Waals surface area contributed by atoms with Crippen molar-refractivity contribution in [2.45, 2.75) is 18.8 Å². The number of ether oxygens (including phenoxy) is 1. The summed E-state index contributed by atoms with van der Waals surface area (Å²) in [5, 5.41) is 11.9. The summed E-state index contributed by atoms with van der Waals surface area (Å²) in [5.74, 6) is 0.802. The van der Waals surface area contributed by atoms with Crippen LogP contribution >= 0.6 is 0 Å². The van der Waals surface area contributed by atoms with E-state index in [9.17, 15) is 14.9 Å². The summed E-state index contributed by atoms with van der Waals surface area (Å²) < 4.78 is 7.58. The SMILES string of the molecule is O=C(OCC1CC(c2nc(-c3ccc4ccc(-c5ccccc5)nc4c3)n3ccncc23)C1)c1ccc([N+](=O)[O-])cc1. The number of hydrogen-bond donors (Lipinski definition) is 0. The van der Waals surface area contributed by atoms with Gasteiger partial charge in [0.05, 0.1) is 45.7 Å². The zero-order valence-corrected chi connectivity index (χ0v) is 22.5. The molecule has 1 saturated carbocycles. The van der Waals surface area contributed by atoms with E-state index in [2.05, 4.69) is 45.8 Å². The van der Waals surface area contributed by atoms with Crippen molar-refractivity contribution >= 4 is 28.1 Å². The average Bonchev–Trinajstić information content (AvgIpc) is 3.39. The van der Waals surface area contributed by atoms with Gasteiger partial charge in [-0.15, -0.1) is 0 Å². The molecule has 0 atom stereocenters. The zero-order chi connectivity index (χ0) is 28.6. The maximum atomic E-state index is 12.4. The van der Waals surface area contributed by atoms with Crippen molar-refractivity contribution in [3.63, 3.8) is 0 Å². The molecular weight excluding hydrogens is 530 g/mol. The maximum absolute atomic E-state index is 12.4. The number of aromatic nitrogens is 4. The van der Waals surface area contributed by atoms with Gasteiger partial charge in [-0.2, -0.15) is 0 Å². The smallest absolute Gasteiger partial charge is 0.338 e. The minimum absolute atomic E-state index is 0.0635. The minimum atomic E-state index is -0.497. The summed E-state index contributed by atoms with van der Waals surface area (Å²) in [6.07, 6.45) is 7.22. The van der Waals surface area contributed by atoms with Crippen LogP contribution in [0.15, 0.2) is 104 Å². The van der Waals surface area contributed by atoms with Gasteiger partial charge in [0.1, 0.15) is 5.82 Å². The second kappa shape index (κ2) is 10.5. The number of nitro benzene ring substituents is 1. The lowest BCUT2D eigenvalue weighted by molar-refractivity contribution is -0.384. The second-order valence-electron chi connectivity index (χ2n) is 10.6. The normalized spacial score (nSPS) is 16.3. The molecule has 1 aliphatic rings. The van der Waals surface area contributed by atoms with Crippen molar-refractivity contribution in [2.24, 2.45) is 5.92 Å². The van der Waals surface area contributed by atoms with E-state index in [0.717, 1.165) is 57.6 Å². The molecule has 42 heavy (non-hydrogen) atoms.